The van der Waals surface area contributed by atoms with Gasteiger partial charge in [0.1, 0.15) is 6.04 Å². The van der Waals surface area contributed by atoms with E-state index in [9.17, 15) is 18.0 Å². The molecule has 1 atom stereocenters. The third kappa shape index (κ3) is 9.38. The molecule has 0 aliphatic heterocycles. The Morgan fingerprint density at radius 3 is 2.21 bits per heavy atom. The van der Waals surface area contributed by atoms with E-state index in [-0.39, 0.29) is 30.8 Å². The van der Waals surface area contributed by atoms with Crippen LogP contribution in [-0.2, 0) is 26.0 Å². The Morgan fingerprint density at radius 1 is 0.974 bits per heavy atom. The summed E-state index contributed by atoms with van der Waals surface area (Å²) in [7, 11) is -3.52. The number of hydrogen-bond donors (Lipinski definition) is 1. The van der Waals surface area contributed by atoms with Crippen molar-refractivity contribution in [1.29, 1.82) is 0 Å². The zero-order valence-electron chi connectivity index (χ0n) is 24.0. The second kappa shape index (κ2) is 14.5. The number of sulfonamides is 1. The number of anilines is 1. The minimum atomic E-state index is -3.52. The van der Waals surface area contributed by atoms with Gasteiger partial charge in [0.25, 0.3) is 0 Å². The minimum Gasteiger partial charge on any atom is -0.352 e. The molecule has 8 heteroatoms. The van der Waals surface area contributed by atoms with Crippen molar-refractivity contribution in [2.75, 3.05) is 23.7 Å². The molecule has 3 rings (SSSR count). The quantitative estimate of drug-likeness (QED) is 0.370. The number of nitrogens with one attached hydrogen (secondary N) is 1. The highest BCUT2D eigenvalue weighted by Crippen LogP contribution is 2.23. The van der Waals surface area contributed by atoms with Crippen LogP contribution in [-0.4, -0.2) is 56.6 Å². The van der Waals surface area contributed by atoms with Crippen LogP contribution in [0.3, 0.4) is 0 Å². The molecule has 0 saturated heterocycles. The van der Waals surface area contributed by atoms with Crippen LogP contribution in [0, 0.1) is 13.8 Å². The average Bonchev–Trinajstić information content (AvgIpc) is 2.88. The van der Waals surface area contributed by atoms with Crippen LogP contribution in [0.1, 0.15) is 75.0 Å². The van der Waals surface area contributed by atoms with E-state index in [1.165, 1.54) is 17.0 Å². The summed E-state index contributed by atoms with van der Waals surface area (Å²) in [4.78, 5) is 28.7. The lowest BCUT2D eigenvalue weighted by atomic mass is 9.95. The topological polar surface area (TPSA) is 86.8 Å². The molecule has 214 valence electrons. The number of carbonyl (C=O) groups excluding carboxylic acids is 2. The fourth-order valence-electron chi connectivity index (χ4n) is 5.54. The predicted octanol–water partition coefficient (Wildman–Crippen LogP) is 5.15. The normalized spacial score (nSPS) is 15.0. The molecular weight excluding hydrogens is 510 g/mol. The maximum Gasteiger partial charge on any atom is 0.243 e. The summed E-state index contributed by atoms with van der Waals surface area (Å²) in [5.41, 5.74) is 3.69. The molecule has 1 N–H and O–H groups in total. The smallest absolute Gasteiger partial charge is 0.243 e. The summed E-state index contributed by atoms with van der Waals surface area (Å²) in [6.07, 6.45) is 8.32. The molecule has 2 aromatic rings. The Balaban J connectivity index is 1.73. The van der Waals surface area contributed by atoms with E-state index in [1.807, 2.05) is 69.3 Å². The summed E-state index contributed by atoms with van der Waals surface area (Å²) in [6, 6.07) is 15.3. The Morgan fingerprint density at radius 2 is 1.62 bits per heavy atom. The summed E-state index contributed by atoms with van der Waals surface area (Å²) in [6.45, 7) is 6.46. The lowest BCUT2D eigenvalue weighted by Crippen LogP contribution is -2.52. The van der Waals surface area contributed by atoms with Crippen molar-refractivity contribution in [2.24, 2.45) is 0 Å². The molecule has 1 fully saturated rings. The molecule has 1 aliphatic carbocycles. The van der Waals surface area contributed by atoms with E-state index in [1.54, 1.807) is 4.90 Å². The highest BCUT2D eigenvalue weighted by Gasteiger charge is 2.30. The molecule has 0 bridgehead atoms. The monoisotopic (exact) mass is 555 g/mol. The third-order valence-electron chi connectivity index (χ3n) is 7.47. The van der Waals surface area contributed by atoms with Gasteiger partial charge in [0.2, 0.25) is 21.8 Å². The first-order valence-electron chi connectivity index (χ1n) is 14.3. The van der Waals surface area contributed by atoms with Gasteiger partial charge in [0.15, 0.2) is 0 Å². The summed E-state index contributed by atoms with van der Waals surface area (Å²) >= 11 is 0. The number of carbonyl (C=O) groups is 2. The van der Waals surface area contributed by atoms with Crippen molar-refractivity contribution in [3.05, 3.63) is 65.2 Å². The molecule has 0 spiro atoms. The molecule has 2 amide bonds. The molecule has 2 aromatic carbocycles. The molecule has 0 radical (unpaired) electrons. The van der Waals surface area contributed by atoms with Crippen LogP contribution in [0.2, 0.25) is 0 Å². The van der Waals surface area contributed by atoms with Crippen LogP contribution >= 0.6 is 0 Å². The number of nitrogens with zero attached hydrogens (tertiary/aromatic N) is 2. The molecular formula is C31H45N3O4S. The molecule has 1 aliphatic rings. The van der Waals surface area contributed by atoms with E-state index >= 15 is 0 Å². The SMILES string of the molecule is CC[C@@H](C(=O)NC1CCCCC1)N(CCc1ccccc1)C(=O)CCCN(c1cc(C)cc(C)c1)S(C)(=O)=O. The first-order chi connectivity index (χ1) is 18.6. The standard InChI is InChI=1S/C31H45N3O4S/c1-5-29(31(36)32-27-15-10-7-11-16-27)33(20-18-26-13-8-6-9-14-26)30(35)17-12-19-34(39(4,37)38)28-22-24(2)21-25(3)23-28/h6,8-9,13-14,21-23,27,29H,5,7,10-12,15-20H2,1-4H3,(H,32,36)/t29-/m0/s1. The van der Waals surface area contributed by atoms with Crippen molar-refractivity contribution in [3.63, 3.8) is 0 Å². The van der Waals surface area contributed by atoms with Gasteiger partial charge in [-0.05, 0) is 74.8 Å². The fraction of sp³-hybridized carbons (Fsp3) is 0.548. The fourth-order valence-corrected chi connectivity index (χ4v) is 6.49. The minimum absolute atomic E-state index is 0.0844. The van der Waals surface area contributed by atoms with Gasteiger partial charge >= 0.3 is 0 Å². The summed E-state index contributed by atoms with van der Waals surface area (Å²) < 4.78 is 26.6. The predicted molar refractivity (Wildman–Crippen MR) is 158 cm³/mol. The maximum absolute atomic E-state index is 13.6. The Bertz CT molecular complexity index is 1170. The van der Waals surface area contributed by atoms with Crippen LogP contribution in [0.15, 0.2) is 48.5 Å². The van der Waals surface area contributed by atoms with E-state index in [0.29, 0.717) is 31.5 Å². The number of hydrogen-bond acceptors (Lipinski definition) is 4. The van der Waals surface area contributed by atoms with Crippen LogP contribution < -0.4 is 9.62 Å². The van der Waals surface area contributed by atoms with Crippen LogP contribution in [0.4, 0.5) is 5.69 Å². The number of amides is 2. The lowest BCUT2D eigenvalue weighted by Gasteiger charge is -2.33. The molecule has 7 nitrogen and oxygen atoms in total. The Labute approximate surface area is 235 Å². The largest absolute Gasteiger partial charge is 0.352 e. The van der Waals surface area contributed by atoms with E-state index < -0.39 is 16.1 Å². The van der Waals surface area contributed by atoms with Gasteiger partial charge in [0, 0.05) is 25.6 Å². The maximum atomic E-state index is 13.6. The second-order valence-corrected chi connectivity index (χ2v) is 12.8. The average molecular weight is 556 g/mol. The number of aryl methyl sites for hydroxylation is 2. The lowest BCUT2D eigenvalue weighted by molar-refractivity contribution is -0.141. The third-order valence-corrected chi connectivity index (χ3v) is 8.66. The first-order valence-corrected chi connectivity index (χ1v) is 16.1. The first kappa shape index (κ1) is 30.7. The van der Waals surface area contributed by atoms with Gasteiger partial charge in [-0.15, -0.1) is 0 Å². The van der Waals surface area contributed by atoms with Crippen molar-refractivity contribution in [1.82, 2.24) is 10.2 Å². The molecule has 1 saturated carbocycles. The highest BCUT2D eigenvalue weighted by atomic mass is 32.2. The summed E-state index contributed by atoms with van der Waals surface area (Å²) in [5, 5.41) is 3.21. The molecule has 0 unspecified atom stereocenters. The Kier molecular flexibility index (Phi) is 11.4. The zero-order valence-corrected chi connectivity index (χ0v) is 24.8. The van der Waals surface area contributed by atoms with Crippen LogP contribution in [0.25, 0.3) is 0 Å². The zero-order chi connectivity index (χ0) is 28.4. The van der Waals surface area contributed by atoms with Crippen molar-refractivity contribution < 1.29 is 18.0 Å². The van der Waals surface area contributed by atoms with Crippen molar-refractivity contribution >= 4 is 27.5 Å². The van der Waals surface area contributed by atoms with E-state index in [4.69, 9.17) is 0 Å². The number of benzene rings is 2. The van der Waals surface area contributed by atoms with Gasteiger partial charge in [-0.1, -0.05) is 62.6 Å². The summed E-state index contributed by atoms with van der Waals surface area (Å²) in [5.74, 6) is -0.204. The van der Waals surface area contributed by atoms with Gasteiger partial charge in [-0.25, -0.2) is 8.42 Å². The second-order valence-electron chi connectivity index (χ2n) is 10.9. The van der Waals surface area contributed by atoms with Crippen molar-refractivity contribution in [2.45, 2.75) is 90.6 Å². The van der Waals surface area contributed by atoms with Gasteiger partial charge in [0.05, 0.1) is 11.9 Å². The van der Waals surface area contributed by atoms with E-state index in [0.717, 1.165) is 42.4 Å². The molecule has 0 aromatic heterocycles. The Hall–Kier alpha value is -2.87. The van der Waals surface area contributed by atoms with Gasteiger partial charge < -0.3 is 10.2 Å². The number of rotatable bonds is 13. The molecule has 0 heterocycles. The van der Waals surface area contributed by atoms with Gasteiger partial charge in [-0.3, -0.25) is 13.9 Å². The highest BCUT2D eigenvalue weighted by molar-refractivity contribution is 7.92. The van der Waals surface area contributed by atoms with Crippen LogP contribution in [0.5, 0.6) is 0 Å². The van der Waals surface area contributed by atoms with Crippen molar-refractivity contribution in [3.8, 4) is 0 Å². The molecule has 39 heavy (non-hydrogen) atoms. The van der Waals surface area contributed by atoms with E-state index in [2.05, 4.69) is 5.32 Å². The van der Waals surface area contributed by atoms with Gasteiger partial charge in [-0.2, -0.15) is 0 Å².